The molecule has 0 atom stereocenters. The fourth-order valence-electron chi connectivity index (χ4n) is 4.08. The van der Waals surface area contributed by atoms with Crippen LogP contribution in [0.15, 0.2) is 71.6 Å². The fraction of sp³-hybridized carbons (Fsp3) is 0.296. The topological polar surface area (TPSA) is 47.6 Å². The maximum atomic E-state index is 12.5. The van der Waals surface area contributed by atoms with Crippen LogP contribution in [0.1, 0.15) is 30.9 Å². The number of hydrogen-bond acceptors (Lipinski definition) is 4. The Kier molecular flexibility index (Phi) is 8.43. The Morgan fingerprint density at radius 3 is 2.38 bits per heavy atom. The average Bonchev–Trinajstić information content (AvgIpc) is 2.82. The molecule has 1 heterocycles. The number of rotatable bonds is 8. The van der Waals surface area contributed by atoms with Gasteiger partial charge in [-0.15, -0.1) is 11.8 Å². The van der Waals surface area contributed by atoms with Crippen LogP contribution in [0.3, 0.4) is 0 Å². The smallest absolute Gasteiger partial charge is 0.228 e. The van der Waals surface area contributed by atoms with Gasteiger partial charge in [0.25, 0.3) is 0 Å². The second-order valence-corrected chi connectivity index (χ2v) is 10.3. The molecule has 4 nitrogen and oxygen atoms in total. The van der Waals surface area contributed by atoms with Gasteiger partial charge in [0, 0.05) is 39.0 Å². The first-order valence-electron chi connectivity index (χ1n) is 11.3. The van der Waals surface area contributed by atoms with Crippen molar-refractivity contribution in [3.63, 3.8) is 0 Å². The average molecular weight is 516 g/mol. The van der Waals surface area contributed by atoms with Gasteiger partial charge in [0.2, 0.25) is 5.91 Å². The van der Waals surface area contributed by atoms with Crippen LogP contribution in [0.4, 0.5) is 5.69 Å². The summed E-state index contributed by atoms with van der Waals surface area (Å²) in [4.78, 5) is 13.7. The summed E-state index contributed by atoms with van der Waals surface area (Å²) in [6.07, 6.45) is 1.69. The van der Waals surface area contributed by atoms with Gasteiger partial charge in [0.05, 0.1) is 19.6 Å². The molecule has 7 heteroatoms. The molecule has 1 amide bonds. The summed E-state index contributed by atoms with van der Waals surface area (Å²) in [7, 11) is 0. The number of thioether (sulfide) groups is 1. The maximum Gasteiger partial charge on any atom is 0.228 e. The standard InChI is InChI=1S/C27H27Cl2NO3S/c1-2-34-23-10-3-19(4-11-23)17-26(31)30-21-6-8-22(9-7-21)33-27(13-15-32-16-14-27)24-12-5-20(28)18-25(24)29/h3-12,18H,2,13-17H2,1H3,(H,30,31). The van der Waals surface area contributed by atoms with Crippen LogP contribution in [0.2, 0.25) is 10.0 Å². The number of ether oxygens (including phenoxy) is 2. The quantitative estimate of drug-likeness (QED) is 0.318. The molecule has 0 saturated carbocycles. The zero-order chi connectivity index (χ0) is 24.0. The Morgan fingerprint density at radius 2 is 1.74 bits per heavy atom. The Balaban J connectivity index is 1.42. The largest absolute Gasteiger partial charge is 0.482 e. The molecule has 0 aliphatic carbocycles. The van der Waals surface area contributed by atoms with Gasteiger partial charge in [-0.3, -0.25) is 4.79 Å². The molecular weight excluding hydrogens is 489 g/mol. The maximum absolute atomic E-state index is 12.5. The van der Waals surface area contributed by atoms with Gasteiger partial charge in [-0.2, -0.15) is 0 Å². The number of carbonyl (C=O) groups excluding carboxylic acids is 1. The van der Waals surface area contributed by atoms with Crippen molar-refractivity contribution in [2.24, 2.45) is 0 Å². The zero-order valence-electron chi connectivity index (χ0n) is 19.0. The highest BCUT2D eigenvalue weighted by Gasteiger charge is 2.38. The number of nitrogens with one attached hydrogen (secondary N) is 1. The molecule has 0 spiro atoms. The van der Waals surface area contributed by atoms with E-state index in [0.717, 1.165) is 22.6 Å². The molecule has 34 heavy (non-hydrogen) atoms. The number of benzene rings is 3. The van der Waals surface area contributed by atoms with Crippen molar-refractivity contribution in [2.75, 3.05) is 24.3 Å². The predicted octanol–water partition coefficient (Wildman–Crippen LogP) is 7.37. The summed E-state index contributed by atoms with van der Waals surface area (Å²) in [5, 5.41) is 4.13. The number of carbonyl (C=O) groups is 1. The van der Waals surface area contributed by atoms with Crippen molar-refractivity contribution >= 4 is 46.6 Å². The third-order valence-corrected chi connectivity index (χ3v) is 7.21. The SMILES string of the molecule is CCSc1ccc(CC(=O)Nc2ccc(OC3(c4ccc(Cl)cc4Cl)CCOCC3)cc2)cc1. The van der Waals surface area contributed by atoms with Crippen LogP contribution in [0.5, 0.6) is 5.75 Å². The summed E-state index contributed by atoms with van der Waals surface area (Å²) in [5.74, 6) is 1.68. The van der Waals surface area contributed by atoms with E-state index in [0.29, 0.717) is 48.3 Å². The van der Waals surface area contributed by atoms with E-state index in [1.165, 1.54) is 4.90 Å². The van der Waals surface area contributed by atoms with Gasteiger partial charge in [0.15, 0.2) is 0 Å². The lowest BCUT2D eigenvalue weighted by Crippen LogP contribution is -2.39. The van der Waals surface area contributed by atoms with Crippen LogP contribution in [0.25, 0.3) is 0 Å². The monoisotopic (exact) mass is 515 g/mol. The Morgan fingerprint density at radius 1 is 1.03 bits per heavy atom. The van der Waals surface area contributed by atoms with E-state index in [4.69, 9.17) is 32.7 Å². The first kappa shape index (κ1) is 24.9. The van der Waals surface area contributed by atoms with E-state index in [-0.39, 0.29) is 5.91 Å². The minimum Gasteiger partial charge on any atom is -0.482 e. The fourth-order valence-corrected chi connectivity index (χ4v) is 5.32. The first-order valence-corrected chi connectivity index (χ1v) is 13.1. The van der Waals surface area contributed by atoms with Gasteiger partial charge in [-0.05, 0) is 59.8 Å². The number of hydrogen-bond donors (Lipinski definition) is 1. The summed E-state index contributed by atoms with van der Waals surface area (Å²) < 4.78 is 12.1. The summed E-state index contributed by atoms with van der Waals surface area (Å²) in [6, 6.07) is 21.1. The minimum atomic E-state index is -0.590. The van der Waals surface area contributed by atoms with Crippen LogP contribution >= 0.6 is 35.0 Å². The van der Waals surface area contributed by atoms with E-state index in [2.05, 4.69) is 24.4 Å². The lowest BCUT2D eigenvalue weighted by atomic mass is 9.86. The van der Waals surface area contributed by atoms with E-state index >= 15 is 0 Å². The zero-order valence-corrected chi connectivity index (χ0v) is 21.3. The van der Waals surface area contributed by atoms with Crippen molar-refractivity contribution in [3.05, 3.63) is 87.9 Å². The first-order chi connectivity index (χ1) is 16.5. The van der Waals surface area contributed by atoms with E-state index in [1.54, 1.807) is 17.8 Å². The van der Waals surface area contributed by atoms with Crippen LogP contribution in [0, 0.1) is 0 Å². The molecule has 1 saturated heterocycles. The van der Waals surface area contributed by atoms with Gasteiger partial charge in [-0.25, -0.2) is 0 Å². The van der Waals surface area contributed by atoms with Gasteiger partial charge < -0.3 is 14.8 Å². The van der Waals surface area contributed by atoms with Gasteiger partial charge in [0.1, 0.15) is 11.4 Å². The molecule has 1 N–H and O–H groups in total. The second-order valence-electron chi connectivity index (χ2n) is 8.16. The third kappa shape index (κ3) is 6.28. The van der Waals surface area contributed by atoms with Crippen molar-refractivity contribution < 1.29 is 14.3 Å². The molecule has 1 aliphatic heterocycles. The van der Waals surface area contributed by atoms with Crippen molar-refractivity contribution in [1.29, 1.82) is 0 Å². The van der Waals surface area contributed by atoms with Crippen LogP contribution < -0.4 is 10.1 Å². The summed E-state index contributed by atoms with van der Waals surface area (Å²) in [5.41, 5.74) is 2.02. The molecule has 3 aromatic carbocycles. The predicted molar refractivity (Wildman–Crippen MR) is 140 cm³/mol. The van der Waals surface area contributed by atoms with Gasteiger partial charge >= 0.3 is 0 Å². The number of amides is 1. The Bertz CT molecular complexity index is 1110. The Hall–Kier alpha value is -2.18. The molecule has 178 valence electrons. The highest BCUT2D eigenvalue weighted by Crippen LogP contribution is 2.41. The van der Waals surface area contributed by atoms with E-state index in [1.807, 2.05) is 48.5 Å². The lowest BCUT2D eigenvalue weighted by molar-refractivity contribution is -0.115. The minimum absolute atomic E-state index is 0.0570. The lowest BCUT2D eigenvalue weighted by Gasteiger charge is -2.38. The van der Waals surface area contributed by atoms with Crippen molar-refractivity contribution in [1.82, 2.24) is 0 Å². The molecule has 4 rings (SSSR count). The molecule has 1 fully saturated rings. The highest BCUT2D eigenvalue weighted by atomic mass is 35.5. The van der Waals surface area contributed by atoms with Crippen molar-refractivity contribution in [3.8, 4) is 5.75 Å². The molecule has 1 aliphatic rings. The van der Waals surface area contributed by atoms with Crippen LogP contribution in [-0.4, -0.2) is 24.9 Å². The molecule has 0 aromatic heterocycles. The summed E-state index contributed by atoms with van der Waals surface area (Å²) >= 11 is 14.4. The molecule has 0 unspecified atom stereocenters. The van der Waals surface area contributed by atoms with E-state index < -0.39 is 5.60 Å². The number of anilines is 1. The normalized spacial score (nSPS) is 15.0. The Labute approximate surface area is 214 Å². The number of halogens is 2. The summed E-state index contributed by atoms with van der Waals surface area (Å²) in [6.45, 7) is 3.30. The van der Waals surface area contributed by atoms with Crippen LogP contribution in [-0.2, 0) is 21.6 Å². The molecule has 0 bridgehead atoms. The molecule has 0 radical (unpaired) electrons. The second kappa shape index (κ2) is 11.5. The van der Waals surface area contributed by atoms with Gasteiger partial charge in [-0.1, -0.05) is 48.3 Å². The highest BCUT2D eigenvalue weighted by molar-refractivity contribution is 7.99. The third-order valence-electron chi connectivity index (χ3n) is 5.77. The van der Waals surface area contributed by atoms with Crippen molar-refractivity contribution in [2.45, 2.75) is 36.7 Å². The molecule has 3 aromatic rings. The molecular formula is C27H27Cl2NO3S. The van der Waals surface area contributed by atoms with E-state index in [9.17, 15) is 4.79 Å².